The number of benzene rings is 1. The summed E-state index contributed by atoms with van der Waals surface area (Å²) in [6.07, 6.45) is 2.20. The van der Waals surface area contributed by atoms with Gasteiger partial charge in [-0.1, -0.05) is 23.7 Å². The lowest BCUT2D eigenvalue weighted by Crippen LogP contribution is -2.32. The number of amides is 1. The lowest BCUT2D eigenvalue weighted by Gasteiger charge is -2.20. The highest BCUT2D eigenvalue weighted by Crippen LogP contribution is 2.32. The Kier molecular flexibility index (Phi) is 7.95. The first-order valence-electron chi connectivity index (χ1n) is 8.85. The Morgan fingerprint density at radius 3 is 2.52 bits per heavy atom. The molecule has 0 spiro atoms. The summed E-state index contributed by atoms with van der Waals surface area (Å²) in [5.74, 6) is 1.58. The summed E-state index contributed by atoms with van der Waals surface area (Å²) in [7, 11) is 0. The van der Waals surface area contributed by atoms with Crippen molar-refractivity contribution in [2.45, 2.75) is 19.8 Å². The van der Waals surface area contributed by atoms with Gasteiger partial charge in [-0.3, -0.25) is 4.79 Å². The molecule has 3 heterocycles. The van der Waals surface area contributed by atoms with Crippen LogP contribution >= 0.6 is 47.8 Å². The van der Waals surface area contributed by atoms with Crippen LogP contribution in [-0.2, 0) is 0 Å². The molecule has 0 radical (unpaired) electrons. The number of likely N-dealkylation sites (tertiary alicyclic amines) is 1. The van der Waals surface area contributed by atoms with Gasteiger partial charge in [0.05, 0.1) is 5.69 Å². The van der Waals surface area contributed by atoms with E-state index in [0.717, 1.165) is 72.0 Å². The summed E-state index contributed by atoms with van der Waals surface area (Å²) in [5, 5.41) is 5.03. The van der Waals surface area contributed by atoms with Gasteiger partial charge in [0.1, 0.15) is 9.88 Å². The van der Waals surface area contributed by atoms with Crippen LogP contribution in [0.15, 0.2) is 24.3 Å². The fourth-order valence-corrected chi connectivity index (χ4v) is 5.13. The SMILES string of the molecule is Cc1nc(-c2cccc(Cl)c2)sc1C(=O)N1CC[C@@H]2CNC[C@@H]2CC1.Cl.Cl. The van der Waals surface area contributed by atoms with E-state index in [9.17, 15) is 4.79 Å². The fourth-order valence-electron chi connectivity index (χ4n) is 3.90. The molecule has 27 heavy (non-hydrogen) atoms. The predicted octanol–water partition coefficient (Wildman–Crippen LogP) is 4.69. The Labute approximate surface area is 181 Å². The second kappa shape index (κ2) is 9.57. The normalized spacial score (nSPS) is 21.6. The Bertz CT molecular complexity index is 784. The molecule has 0 bridgehead atoms. The Morgan fingerprint density at radius 1 is 1.22 bits per heavy atom. The molecule has 0 unspecified atom stereocenters. The standard InChI is InChI=1S/C19H22ClN3OS.2ClH/c1-12-17(25-18(22-12)13-3-2-4-16(20)9-13)19(24)23-7-5-14-10-21-11-15(14)6-8-23;;/h2-4,9,14-15,21H,5-8,10-11H2,1H3;2*1H/t14-,15+;;. The molecule has 148 valence electrons. The predicted molar refractivity (Wildman–Crippen MR) is 117 cm³/mol. The molecule has 2 atom stereocenters. The van der Waals surface area contributed by atoms with Crippen LogP contribution in [0.5, 0.6) is 0 Å². The summed E-state index contributed by atoms with van der Waals surface area (Å²) in [4.78, 5) is 20.5. The van der Waals surface area contributed by atoms with Crippen molar-refractivity contribution in [3.8, 4) is 10.6 Å². The maximum atomic E-state index is 13.1. The van der Waals surface area contributed by atoms with E-state index in [-0.39, 0.29) is 30.7 Å². The number of hydrogen-bond acceptors (Lipinski definition) is 4. The topological polar surface area (TPSA) is 45.2 Å². The molecule has 2 fully saturated rings. The lowest BCUT2D eigenvalue weighted by atomic mass is 9.92. The van der Waals surface area contributed by atoms with Crippen molar-refractivity contribution in [2.24, 2.45) is 11.8 Å². The third kappa shape index (κ3) is 4.77. The molecule has 4 rings (SSSR count). The van der Waals surface area contributed by atoms with Gasteiger partial charge < -0.3 is 10.2 Å². The van der Waals surface area contributed by atoms with E-state index >= 15 is 0 Å². The fraction of sp³-hybridized carbons (Fsp3) is 0.474. The molecule has 2 aliphatic heterocycles. The number of carbonyl (C=O) groups excluding carboxylic acids is 1. The second-order valence-electron chi connectivity index (χ2n) is 6.99. The van der Waals surface area contributed by atoms with Crippen LogP contribution < -0.4 is 5.32 Å². The molecule has 8 heteroatoms. The van der Waals surface area contributed by atoms with Crippen molar-refractivity contribution in [3.63, 3.8) is 0 Å². The van der Waals surface area contributed by atoms with E-state index in [1.54, 1.807) is 0 Å². The van der Waals surface area contributed by atoms with Gasteiger partial charge in [-0.25, -0.2) is 4.98 Å². The van der Waals surface area contributed by atoms with E-state index in [4.69, 9.17) is 11.6 Å². The third-order valence-electron chi connectivity index (χ3n) is 5.37. The van der Waals surface area contributed by atoms with E-state index in [0.29, 0.717) is 5.02 Å². The van der Waals surface area contributed by atoms with E-state index in [1.807, 2.05) is 36.1 Å². The van der Waals surface area contributed by atoms with Crippen molar-refractivity contribution in [2.75, 3.05) is 26.2 Å². The molecule has 1 N–H and O–H groups in total. The van der Waals surface area contributed by atoms with Crippen molar-refractivity contribution in [1.29, 1.82) is 0 Å². The van der Waals surface area contributed by atoms with E-state index in [2.05, 4.69) is 10.3 Å². The minimum absolute atomic E-state index is 0. The van der Waals surface area contributed by atoms with Crippen molar-refractivity contribution in [1.82, 2.24) is 15.2 Å². The highest BCUT2D eigenvalue weighted by molar-refractivity contribution is 7.17. The van der Waals surface area contributed by atoms with Crippen LogP contribution in [0.3, 0.4) is 0 Å². The first-order chi connectivity index (χ1) is 12.1. The van der Waals surface area contributed by atoms with Crippen LogP contribution in [0.1, 0.15) is 28.2 Å². The molecule has 1 aromatic carbocycles. The molecular weight excluding hydrogens is 425 g/mol. The number of carbonyl (C=O) groups is 1. The molecule has 0 saturated carbocycles. The van der Waals surface area contributed by atoms with Gasteiger partial charge in [-0.2, -0.15) is 0 Å². The molecule has 0 aliphatic carbocycles. The number of nitrogens with zero attached hydrogens (tertiary/aromatic N) is 2. The summed E-state index contributed by atoms with van der Waals surface area (Å²) >= 11 is 7.56. The molecule has 2 saturated heterocycles. The average molecular weight is 449 g/mol. The lowest BCUT2D eigenvalue weighted by molar-refractivity contribution is 0.0762. The highest BCUT2D eigenvalue weighted by Gasteiger charge is 2.32. The molecule has 1 amide bonds. The number of aromatic nitrogens is 1. The second-order valence-corrected chi connectivity index (χ2v) is 8.43. The minimum Gasteiger partial charge on any atom is -0.338 e. The van der Waals surface area contributed by atoms with Crippen molar-refractivity contribution >= 4 is 53.7 Å². The van der Waals surface area contributed by atoms with Gasteiger partial charge in [0.2, 0.25) is 0 Å². The number of rotatable bonds is 2. The largest absolute Gasteiger partial charge is 0.338 e. The molecule has 2 aliphatic rings. The quantitative estimate of drug-likeness (QED) is 0.725. The highest BCUT2D eigenvalue weighted by atomic mass is 35.5. The van der Waals surface area contributed by atoms with Crippen molar-refractivity contribution < 1.29 is 4.79 Å². The zero-order valence-electron chi connectivity index (χ0n) is 15.1. The van der Waals surface area contributed by atoms with Gasteiger partial charge in [0.15, 0.2) is 0 Å². The average Bonchev–Trinajstić information content (AvgIpc) is 3.16. The van der Waals surface area contributed by atoms with E-state index < -0.39 is 0 Å². The molecule has 4 nitrogen and oxygen atoms in total. The number of hydrogen-bond donors (Lipinski definition) is 1. The Morgan fingerprint density at radius 2 is 1.89 bits per heavy atom. The summed E-state index contributed by atoms with van der Waals surface area (Å²) in [5.41, 5.74) is 1.78. The smallest absolute Gasteiger partial charge is 0.265 e. The van der Waals surface area contributed by atoms with Gasteiger partial charge in [-0.15, -0.1) is 36.2 Å². The minimum atomic E-state index is 0. The maximum Gasteiger partial charge on any atom is 0.265 e. The Hall–Kier alpha value is -0.850. The molecule has 1 aromatic heterocycles. The van der Waals surface area contributed by atoms with Crippen LogP contribution in [0.4, 0.5) is 0 Å². The number of halogens is 3. The van der Waals surface area contributed by atoms with Gasteiger partial charge in [0.25, 0.3) is 5.91 Å². The first kappa shape index (κ1) is 22.4. The number of fused-ring (bicyclic) bond motifs is 1. The zero-order valence-corrected chi connectivity index (χ0v) is 18.3. The zero-order chi connectivity index (χ0) is 17.4. The van der Waals surface area contributed by atoms with Crippen molar-refractivity contribution in [3.05, 3.63) is 39.9 Å². The number of thiazole rings is 1. The molecular formula is C19H24Cl3N3OS. The maximum absolute atomic E-state index is 13.1. The van der Waals surface area contributed by atoms with Crippen LogP contribution in [-0.4, -0.2) is 42.0 Å². The number of aryl methyl sites for hydroxylation is 1. The summed E-state index contributed by atoms with van der Waals surface area (Å²) in [6.45, 7) is 5.84. The number of nitrogens with one attached hydrogen (secondary N) is 1. The van der Waals surface area contributed by atoms with Crippen LogP contribution in [0.2, 0.25) is 5.02 Å². The summed E-state index contributed by atoms with van der Waals surface area (Å²) < 4.78 is 0. The first-order valence-corrected chi connectivity index (χ1v) is 10.0. The van der Waals surface area contributed by atoms with Crippen LogP contribution in [0.25, 0.3) is 10.6 Å². The molecule has 2 aromatic rings. The monoisotopic (exact) mass is 447 g/mol. The third-order valence-corrected chi connectivity index (χ3v) is 6.80. The van der Waals surface area contributed by atoms with Gasteiger partial charge >= 0.3 is 0 Å². The van der Waals surface area contributed by atoms with E-state index in [1.165, 1.54) is 11.3 Å². The van der Waals surface area contributed by atoms with Gasteiger partial charge in [-0.05, 0) is 56.8 Å². The summed E-state index contributed by atoms with van der Waals surface area (Å²) in [6, 6.07) is 7.64. The van der Waals surface area contributed by atoms with Gasteiger partial charge in [0, 0.05) is 23.7 Å². The van der Waals surface area contributed by atoms with Crippen LogP contribution in [0, 0.1) is 18.8 Å². The Balaban J connectivity index is 0.00000131.